The van der Waals surface area contributed by atoms with Crippen LogP contribution >= 0.6 is 11.8 Å². The highest BCUT2D eigenvalue weighted by molar-refractivity contribution is 7.99. The Kier molecular flexibility index (Phi) is 2.79. The molecule has 0 radical (unpaired) electrons. The van der Waals surface area contributed by atoms with Gasteiger partial charge in [0, 0.05) is 17.5 Å². The molecule has 80 valence electrons. The van der Waals surface area contributed by atoms with Gasteiger partial charge in [-0.25, -0.2) is 0 Å². The first kappa shape index (κ1) is 10.5. The molecule has 2 aromatic rings. The van der Waals surface area contributed by atoms with Crippen LogP contribution in [0, 0.1) is 18.3 Å². The summed E-state index contributed by atoms with van der Waals surface area (Å²) in [6.07, 6.45) is 0. The fourth-order valence-electron chi connectivity index (χ4n) is 1.11. The van der Waals surface area contributed by atoms with E-state index in [1.165, 1.54) is 11.8 Å². The van der Waals surface area contributed by atoms with Crippen molar-refractivity contribution >= 4 is 17.4 Å². The lowest BCUT2D eigenvalue weighted by atomic mass is 10.2. The van der Waals surface area contributed by atoms with Crippen LogP contribution in [0.15, 0.2) is 32.7 Å². The standard InChI is InChI=1S/C10H8N4OS/c1-6-13-14-10(15-6)16-9-4-7(5-11)2-3-8(9)12/h2-4H,12H2,1H3. The molecule has 6 heteroatoms. The molecule has 5 nitrogen and oxygen atoms in total. The molecule has 0 aliphatic carbocycles. The van der Waals surface area contributed by atoms with Gasteiger partial charge >= 0.3 is 0 Å². The summed E-state index contributed by atoms with van der Waals surface area (Å²) in [4.78, 5) is 0.739. The van der Waals surface area contributed by atoms with Gasteiger partial charge in [0.15, 0.2) is 0 Å². The number of nitrogen functional groups attached to an aromatic ring is 1. The minimum Gasteiger partial charge on any atom is -0.416 e. The summed E-state index contributed by atoms with van der Waals surface area (Å²) < 4.78 is 5.22. The van der Waals surface area contributed by atoms with Crippen molar-refractivity contribution in [3.63, 3.8) is 0 Å². The lowest BCUT2D eigenvalue weighted by Crippen LogP contribution is -1.89. The third-order valence-electron chi connectivity index (χ3n) is 1.85. The van der Waals surface area contributed by atoms with E-state index in [0.717, 1.165) is 4.90 Å². The number of nitrogens with zero attached hydrogens (tertiary/aromatic N) is 3. The summed E-state index contributed by atoms with van der Waals surface area (Å²) >= 11 is 1.25. The Morgan fingerprint density at radius 1 is 1.44 bits per heavy atom. The van der Waals surface area contributed by atoms with Crippen LogP contribution in [0.2, 0.25) is 0 Å². The molecule has 0 fully saturated rings. The SMILES string of the molecule is Cc1nnc(Sc2cc(C#N)ccc2N)o1. The van der Waals surface area contributed by atoms with Gasteiger partial charge < -0.3 is 10.2 Å². The van der Waals surface area contributed by atoms with Crippen LogP contribution in [0.3, 0.4) is 0 Å². The van der Waals surface area contributed by atoms with Gasteiger partial charge in [-0.15, -0.1) is 10.2 Å². The predicted octanol–water partition coefficient (Wildman–Crippen LogP) is 1.98. The molecule has 2 N–H and O–H groups in total. The number of anilines is 1. The largest absolute Gasteiger partial charge is 0.416 e. The van der Waals surface area contributed by atoms with E-state index in [1.807, 2.05) is 0 Å². The maximum Gasteiger partial charge on any atom is 0.281 e. The van der Waals surface area contributed by atoms with Crippen molar-refractivity contribution in [3.8, 4) is 6.07 Å². The van der Waals surface area contributed by atoms with Gasteiger partial charge in [0.2, 0.25) is 5.89 Å². The molecular weight excluding hydrogens is 224 g/mol. The van der Waals surface area contributed by atoms with E-state index in [1.54, 1.807) is 25.1 Å². The number of hydrogen-bond acceptors (Lipinski definition) is 6. The second-order valence-corrected chi connectivity index (χ2v) is 4.05. The van der Waals surface area contributed by atoms with Crippen LogP contribution in [-0.2, 0) is 0 Å². The molecule has 1 aromatic carbocycles. The number of nitriles is 1. The van der Waals surface area contributed by atoms with Crippen molar-refractivity contribution in [3.05, 3.63) is 29.7 Å². The Morgan fingerprint density at radius 3 is 2.88 bits per heavy atom. The van der Waals surface area contributed by atoms with Gasteiger partial charge in [0.1, 0.15) is 0 Å². The minimum atomic E-state index is 0.416. The van der Waals surface area contributed by atoms with Crippen molar-refractivity contribution < 1.29 is 4.42 Å². The summed E-state index contributed by atoms with van der Waals surface area (Å²) in [6, 6.07) is 7.09. The summed E-state index contributed by atoms with van der Waals surface area (Å²) in [6.45, 7) is 1.71. The van der Waals surface area contributed by atoms with Gasteiger partial charge in [-0.3, -0.25) is 0 Å². The highest BCUT2D eigenvalue weighted by Crippen LogP contribution is 2.31. The molecule has 1 aromatic heterocycles. The van der Waals surface area contributed by atoms with E-state index in [0.29, 0.717) is 22.4 Å². The smallest absolute Gasteiger partial charge is 0.281 e. The first-order valence-corrected chi connectivity index (χ1v) is 5.28. The fraction of sp³-hybridized carbons (Fsp3) is 0.100. The molecular formula is C10H8N4OS. The lowest BCUT2D eigenvalue weighted by Gasteiger charge is -2.01. The van der Waals surface area contributed by atoms with E-state index in [2.05, 4.69) is 16.3 Å². The van der Waals surface area contributed by atoms with Crippen molar-refractivity contribution in [2.45, 2.75) is 17.0 Å². The van der Waals surface area contributed by atoms with E-state index in [9.17, 15) is 0 Å². The van der Waals surface area contributed by atoms with E-state index in [4.69, 9.17) is 15.4 Å². The summed E-state index contributed by atoms with van der Waals surface area (Å²) in [5.41, 5.74) is 6.91. The van der Waals surface area contributed by atoms with Gasteiger partial charge in [0.05, 0.1) is 11.6 Å². The van der Waals surface area contributed by atoms with E-state index >= 15 is 0 Å². The van der Waals surface area contributed by atoms with E-state index in [-0.39, 0.29) is 0 Å². The number of benzene rings is 1. The van der Waals surface area contributed by atoms with Crippen LogP contribution < -0.4 is 5.73 Å². The lowest BCUT2D eigenvalue weighted by molar-refractivity contribution is 0.429. The van der Waals surface area contributed by atoms with E-state index < -0.39 is 0 Å². The average Bonchev–Trinajstić information content (AvgIpc) is 2.67. The Bertz CT molecular complexity index is 558. The molecule has 1 heterocycles. The van der Waals surface area contributed by atoms with Gasteiger partial charge in [-0.05, 0) is 30.0 Å². The van der Waals surface area contributed by atoms with Crippen molar-refractivity contribution in [2.75, 3.05) is 5.73 Å². The van der Waals surface area contributed by atoms with Gasteiger partial charge in [-0.1, -0.05) is 0 Å². The number of nitrogens with two attached hydrogens (primary N) is 1. The average molecular weight is 232 g/mol. The quantitative estimate of drug-likeness (QED) is 0.796. The van der Waals surface area contributed by atoms with Gasteiger partial charge in [0.25, 0.3) is 5.22 Å². The Hall–Kier alpha value is -2.00. The zero-order valence-corrected chi connectivity index (χ0v) is 9.28. The number of hydrogen-bond donors (Lipinski definition) is 1. The van der Waals surface area contributed by atoms with Crippen molar-refractivity contribution in [1.82, 2.24) is 10.2 Å². The summed E-state index contributed by atoms with van der Waals surface area (Å²) in [5, 5.41) is 16.7. The van der Waals surface area contributed by atoms with Crippen LogP contribution in [0.4, 0.5) is 5.69 Å². The third-order valence-corrected chi connectivity index (χ3v) is 2.76. The number of aromatic nitrogens is 2. The first-order chi connectivity index (χ1) is 7.69. The van der Waals surface area contributed by atoms with Crippen LogP contribution in [0.5, 0.6) is 0 Å². The Morgan fingerprint density at radius 2 is 2.25 bits per heavy atom. The molecule has 0 saturated heterocycles. The molecule has 16 heavy (non-hydrogen) atoms. The Balaban J connectivity index is 2.30. The predicted molar refractivity (Wildman–Crippen MR) is 58.7 cm³/mol. The highest BCUT2D eigenvalue weighted by Gasteiger charge is 2.08. The first-order valence-electron chi connectivity index (χ1n) is 4.46. The molecule has 0 amide bonds. The second kappa shape index (κ2) is 4.24. The van der Waals surface area contributed by atoms with Gasteiger partial charge in [-0.2, -0.15) is 5.26 Å². The fourth-order valence-corrected chi connectivity index (χ4v) is 1.91. The van der Waals surface area contributed by atoms with Crippen molar-refractivity contribution in [2.24, 2.45) is 0 Å². The Labute approximate surface area is 96.3 Å². The maximum atomic E-state index is 8.77. The molecule has 2 rings (SSSR count). The molecule has 0 unspecified atom stereocenters. The third kappa shape index (κ3) is 2.15. The molecule has 0 saturated carbocycles. The number of rotatable bonds is 2. The second-order valence-electron chi connectivity index (χ2n) is 3.05. The van der Waals surface area contributed by atoms with Crippen molar-refractivity contribution in [1.29, 1.82) is 5.26 Å². The summed E-state index contributed by atoms with van der Waals surface area (Å²) in [5.74, 6) is 0.498. The summed E-state index contributed by atoms with van der Waals surface area (Å²) in [7, 11) is 0. The topological polar surface area (TPSA) is 88.7 Å². The monoisotopic (exact) mass is 232 g/mol. The van der Waals surface area contributed by atoms with Crippen LogP contribution in [0.25, 0.3) is 0 Å². The maximum absolute atomic E-state index is 8.77. The highest BCUT2D eigenvalue weighted by atomic mass is 32.2. The van der Waals surface area contributed by atoms with Crippen LogP contribution in [0.1, 0.15) is 11.5 Å². The minimum absolute atomic E-state index is 0.416. The molecule has 0 aliphatic heterocycles. The molecule has 0 atom stereocenters. The zero-order chi connectivity index (χ0) is 11.5. The van der Waals surface area contributed by atoms with Crippen LogP contribution in [-0.4, -0.2) is 10.2 Å². The molecule has 0 aliphatic rings. The molecule has 0 bridgehead atoms. The number of aryl methyl sites for hydroxylation is 1. The zero-order valence-electron chi connectivity index (χ0n) is 8.47. The molecule has 0 spiro atoms. The normalized spacial score (nSPS) is 10.0.